The molecule has 1 fully saturated rings. The number of nitrogens with one attached hydrogen (secondary N) is 2. The average molecular weight is 377 g/mol. The van der Waals surface area contributed by atoms with E-state index in [1.54, 1.807) is 4.68 Å². The van der Waals surface area contributed by atoms with E-state index in [9.17, 15) is 4.79 Å². The lowest BCUT2D eigenvalue weighted by atomic mass is 9.83. The Morgan fingerprint density at radius 2 is 2.00 bits per heavy atom. The summed E-state index contributed by atoms with van der Waals surface area (Å²) in [6.45, 7) is 8.60. The molecule has 1 aliphatic rings. The van der Waals surface area contributed by atoms with Gasteiger partial charge in [0, 0.05) is 44.2 Å². The number of amides is 1. The van der Waals surface area contributed by atoms with Gasteiger partial charge in [0.15, 0.2) is 0 Å². The number of halogens is 1. The Hall–Kier alpha value is -1.85. The minimum atomic E-state index is -0.0980. The third-order valence-electron chi connectivity index (χ3n) is 5.24. The van der Waals surface area contributed by atoms with Crippen LogP contribution in [0.2, 0.25) is 0 Å². The predicted molar refractivity (Wildman–Crippen MR) is 107 cm³/mol. The number of hydrogen-bond donors (Lipinski definition) is 2. The van der Waals surface area contributed by atoms with E-state index < -0.39 is 0 Å². The number of rotatable bonds is 5. The summed E-state index contributed by atoms with van der Waals surface area (Å²) in [6.07, 6.45) is 3.88. The first kappa shape index (κ1) is 20.5. The quantitative estimate of drug-likeness (QED) is 0.843. The summed E-state index contributed by atoms with van der Waals surface area (Å²) in [4.78, 5) is 12.8. The summed E-state index contributed by atoms with van der Waals surface area (Å²) in [6, 6.07) is 8.55. The highest BCUT2D eigenvalue weighted by Gasteiger charge is 2.35. The van der Waals surface area contributed by atoms with Crippen LogP contribution in [0.5, 0.6) is 0 Å². The highest BCUT2D eigenvalue weighted by molar-refractivity contribution is 5.85. The molecule has 0 saturated carbocycles. The Kier molecular flexibility index (Phi) is 6.48. The second kappa shape index (κ2) is 8.23. The van der Waals surface area contributed by atoms with Crippen molar-refractivity contribution < 1.29 is 4.79 Å². The predicted octanol–water partition coefficient (Wildman–Crippen LogP) is 2.55. The van der Waals surface area contributed by atoms with Gasteiger partial charge in [0.2, 0.25) is 5.91 Å². The lowest BCUT2D eigenvalue weighted by Crippen LogP contribution is -2.41. The molecular formula is C20H29ClN4O. The first-order valence-electron chi connectivity index (χ1n) is 8.91. The van der Waals surface area contributed by atoms with Crippen LogP contribution in [0.1, 0.15) is 36.5 Å². The Balaban J connectivity index is 0.00000243. The van der Waals surface area contributed by atoms with E-state index in [2.05, 4.69) is 60.8 Å². The number of aromatic nitrogens is 2. The van der Waals surface area contributed by atoms with E-state index in [1.165, 1.54) is 11.1 Å². The minimum Gasteiger partial charge on any atom is -0.355 e. The lowest BCUT2D eigenvalue weighted by molar-refractivity contribution is -0.125. The van der Waals surface area contributed by atoms with Gasteiger partial charge in [-0.1, -0.05) is 43.7 Å². The molecular weight excluding hydrogens is 348 g/mol. The smallest absolute Gasteiger partial charge is 0.225 e. The number of hydrogen-bond acceptors (Lipinski definition) is 3. The molecule has 0 bridgehead atoms. The van der Waals surface area contributed by atoms with Gasteiger partial charge in [-0.15, -0.1) is 12.4 Å². The zero-order valence-corrected chi connectivity index (χ0v) is 16.8. The fraction of sp³-hybridized carbons (Fsp3) is 0.500. The molecule has 5 nitrogen and oxygen atoms in total. The van der Waals surface area contributed by atoms with Crippen molar-refractivity contribution in [3.05, 3.63) is 53.3 Å². The SMILES string of the molecule is Cc1ccc(C(C)(C)CNC(=O)[C@H]2CNC[C@@H]2c2cnn(C)c2)cc1.Cl. The maximum atomic E-state index is 12.8. The molecule has 26 heavy (non-hydrogen) atoms. The van der Waals surface area contributed by atoms with Gasteiger partial charge < -0.3 is 10.6 Å². The number of carbonyl (C=O) groups is 1. The first-order valence-corrected chi connectivity index (χ1v) is 8.91. The summed E-state index contributed by atoms with van der Waals surface area (Å²) in [5.41, 5.74) is 3.52. The van der Waals surface area contributed by atoms with Gasteiger partial charge in [0.05, 0.1) is 12.1 Å². The molecule has 0 aliphatic carbocycles. The number of aryl methyl sites for hydroxylation is 2. The maximum Gasteiger partial charge on any atom is 0.225 e. The second-order valence-corrected chi connectivity index (χ2v) is 7.79. The van der Waals surface area contributed by atoms with E-state index in [4.69, 9.17) is 0 Å². The molecule has 2 heterocycles. The van der Waals surface area contributed by atoms with Crippen molar-refractivity contribution in [1.82, 2.24) is 20.4 Å². The molecule has 1 aromatic carbocycles. The van der Waals surface area contributed by atoms with Crippen molar-refractivity contribution in [2.45, 2.75) is 32.1 Å². The highest BCUT2D eigenvalue weighted by atomic mass is 35.5. The van der Waals surface area contributed by atoms with Crippen LogP contribution in [0.3, 0.4) is 0 Å². The molecule has 0 spiro atoms. The van der Waals surface area contributed by atoms with Crippen LogP contribution in [0.25, 0.3) is 0 Å². The van der Waals surface area contributed by atoms with Crippen LogP contribution >= 0.6 is 12.4 Å². The molecule has 3 rings (SSSR count). The van der Waals surface area contributed by atoms with Crippen LogP contribution in [0.15, 0.2) is 36.7 Å². The van der Waals surface area contributed by atoms with Crippen LogP contribution in [-0.4, -0.2) is 35.3 Å². The van der Waals surface area contributed by atoms with Crippen molar-refractivity contribution in [2.75, 3.05) is 19.6 Å². The fourth-order valence-electron chi connectivity index (χ4n) is 3.48. The van der Waals surface area contributed by atoms with Gasteiger partial charge in [-0.2, -0.15) is 5.10 Å². The third kappa shape index (κ3) is 4.46. The number of nitrogens with zero attached hydrogens (tertiary/aromatic N) is 2. The monoisotopic (exact) mass is 376 g/mol. The van der Waals surface area contributed by atoms with E-state index >= 15 is 0 Å². The van der Waals surface area contributed by atoms with Gasteiger partial charge in [-0.3, -0.25) is 9.48 Å². The maximum absolute atomic E-state index is 12.8. The van der Waals surface area contributed by atoms with Crippen LogP contribution < -0.4 is 10.6 Å². The van der Waals surface area contributed by atoms with Crippen molar-refractivity contribution in [2.24, 2.45) is 13.0 Å². The van der Waals surface area contributed by atoms with Crippen LogP contribution in [0.4, 0.5) is 0 Å². The third-order valence-corrected chi connectivity index (χ3v) is 5.24. The van der Waals surface area contributed by atoms with Crippen molar-refractivity contribution in [3.8, 4) is 0 Å². The Morgan fingerprint density at radius 3 is 2.62 bits per heavy atom. The number of carbonyl (C=O) groups excluding carboxylic acids is 1. The Bertz CT molecular complexity index is 739. The number of benzene rings is 1. The van der Waals surface area contributed by atoms with Crippen molar-refractivity contribution >= 4 is 18.3 Å². The lowest BCUT2D eigenvalue weighted by Gasteiger charge is -2.27. The largest absolute Gasteiger partial charge is 0.355 e. The van der Waals surface area contributed by atoms with E-state index in [1.807, 2.05) is 19.4 Å². The van der Waals surface area contributed by atoms with Gasteiger partial charge in [-0.25, -0.2) is 0 Å². The molecule has 0 radical (unpaired) electrons. The van der Waals surface area contributed by atoms with Crippen molar-refractivity contribution in [3.63, 3.8) is 0 Å². The Morgan fingerprint density at radius 1 is 1.31 bits per heavy atom. The van der Waals surface area contributed by atoms with E-state index in [-0.39, 0.29) is 35.6 Å². The Labute approximate surface area is 162 Å². The van der Waals surface area contributed by atoms with Gasteiger partial charge in [-0.05, 0) is 18.1 Å². The molecule has 2 aromatic rings. The minimum absolute atomic E-state index is 0. The molecule has 6 heteroatoms. The van der Waals surface area contributed by atoms with Gasteiger partial charge in [0.1, 0.15) is 0 Å². The summed E-state index contributed by atoms with van der Waals surface area (Å²) in [5, 5.41) is 10.8. The normalized spacial score (nSPS) is 19.8. The zero-order chi connectivity index (χ0) is 18.0. The standard InChI is InChI=1S/C20H28N4O.ClH/c1-14-5-7-16(8-6-14)20(2,3)13-22-19(25)18-11-21-10-17(18)15-9-23-24(4)12-15;/h5-9,12,17-18,21H,10-11,13H2,1-4H3,(H,22,25);1H/t17-,18+;/m1./s1. The van der Waals surface area contributed by atoms with Crippen molar-refractivity contribution in [1.29, 1.82) is 0 Å². The van der Waals surface area contributed by atoms with Gasteiger partial charge >= 0.3 is 0 Å². The molecule has 1 aromatic heterocycles. The van der Waals surface area contributed by atoms with Gasteiger partial charge in [0.25, 0.3) is 0 Å². The molecule has 1 aliphatic heterocycles. The molecule has 2 atom stereocenters. The first-order chi connectivity index (χ1) is 11.9. The summed E-state index contributed by atoms with van der Waals surface area (Å²) in [5.74, 6) is 0.272. The summed E-state index contributed by atoms with van der Waals surface area (Å²) < 4.78 is 1.79. The van der Waals surface area contributed by atoms with E-state index in [0.29, 0.717) is 6.54 Å². The highest BCUT2D eigenvalue weighted by Crippen LogP contribution is 2.28. The average Bonchev–Trinajstić information content (AvgIpc) is 3.21. The molecule has 2 N–H and O–H groups in total. The summed E-state index contributed by atoms with van der Waals surface area (Å²) >= 11 is 0. The molecule has 0 unspecified atom stereocenters. The van der Waals surface area contributed by atoms with Crippen LogP contribution in [0, 0.1) is 12.8 Å². The summed E-state index contributed by atoms with van der Waals surface area (Å²) in [7, 11) is 1.91. The van der Waals surface area contributed by atoms with E-state index in [0.717, 1.165) is 18.7 Å². The molecule has 1 saturated heterocycles. The zero-order valence-electron chi connectivity index (χ0n) is 16.0. The fourth-order valence-corrected chi connectivity index (χ4v) is 3.48. The second-order valence-electron chi connectivity index (χ2n) is 7.79. The molecule has 142 valence electrons. The molecule has 1 amide bonds. The topological polar surface area (TPSA) is 59.0 Å². The van der Waals surface area contributed by atoms with Crippen LogP contribution in [-0.2, 0) is 17.3 Å².